The van der Waals surface area contributed by atoms with Crippen LogP contribution in [0.4, 0.5) is 0 Å². The van der Waals surface area contributed by atoms with Gasteiger partial charge in [0.1, 0.15) is 0 Å². The molecule has 0 spiro atoms. The molecular formula is C18H17NO4. The summed E-state index contributed by atoms with van der Waals surface area (Å²) < 4.78 is 5.23. The second kappa shape index (κ2) is 8.60. The average molecular weight is 311 g/mol. The fraction of sp³-hybridized carbons (Fsp3) is 0.167. The van der Waals surface area contributed by atoms with Crippen LogP contribution < -0.4 is 0 Å². The molecule has 0 heterocycles. The Labute approximate surface area is 134 Å². The molecule has 2 aromatic rings. The van der Waals surface area contributed by atoms with E-state index in [-0.39, 0.29) is 18.1 Å². The molecule has 0 atom stereocenters. The highest BCUT2D eigenvalue weighted by Gasteiger charge is 2.16. The van der Waals surface area contributed by atoms with Crippen molar-refractivity contribution in [2.75, 3.05) is 13.2 Å². The van der Waals surface area contributed by atoms with Crippen LogP contribution in [-0.2, 0) is 9.57 Å². The van der Waals surface area contributed by atoms with E-state index in [9.17, 15) is 9.59 Å². The van der Waals surface area contributed by atoms with E-state index in [2.05, 4.69) is 5.16 Å². The van der Waals surface area contributed by atoms with Crippen molar-refractivity contribution < 1.29 is 19.2 Å². The molecule has 2 rings (SSSR count). The maximum atomic E-state index is 12.4. The van der Waals surface area contributed by atoms with E-state index in [1.807, 2.05) is 6.07 Å². The Morgan fingerprint density at radius 2 is 1.48 bits per heavy atom. The summed E-state index contributed by atoms with van der Waals surface area (Å²) in [7, 11) is 0. The molecule has 0 aliphatic rings. The maximum Gasteiger partial charge on any atom is 0.365 e. The molecule has 0 aromatic heterocycles. The predicted octanol–water partition coefficient (Wildman–Crippen LogP) is 3.12. The quantitative estimate of drug-likeness (QED) is 0.341. The van der Waals surface area contributed by atoms with E-state index in [1.54, 1.807) is 61.5 Å². The van der Waals surface area contributed by atoms with Crippen molar-refractivity contribution in [3.05, 3.63) is 71.8 Å². The molecule has 0 radical (unpaired) electrons. The third-order valence-corrected chi connectivity index (χ3v) is 2.99. The maximum absolute atomic E-state index is 12.4. The molecule has 0 bridgehead atoms. The number of Topliss-reactive ketones (excluding diaryl/α,β-unsaturated/α-hetero) is 1. The SMILES string of the molecule is CCOCC(=NOC(=O)c1ccccc1)C(=O)c1ccccc1. The topological polar surface area (TPSA) is 65.0 Å². The zero-order valence-corrected chi connectivity index (χ0v) is 12.8. The summed E-state index contributed by atoms with van der Waals surface area (Å²) in [6.07, 6.45) is 0. The number of ether oxygens (including phenoxy) is 1. The minimum atomic E-state index is -0.625. The highest BCUT2D eigenvalue weighted by molar-refractivity contribution is 6.46. The molecule has 23 heavy (non-hydrogen) atoms. The van der Waals surface area contributed by atoms with Gasteiger partial charge >= 0.3 is 5.97 Å². The summed E-state index contributed by atoms with van der Waals surface area (Å²) in [5, 5.41) is 3.71. The molecule has 0 fully saturated rings. The van der Waals surface area contributed by atoms with Crippen molar-refractivity contribution >= 4 is 17.5 Å². The van der Waals surface area contributed by atoms with E-state index in [0.29, 0.717) is 17.7 Å². The number of nitrogens with zero attached hydrogens (tertiary/aromatic N) is 1. The largest absolute Gasteiger partial charge is 0.375 e. The standard InChI is InChI=1S/C18H17NO4/c1-2-22-13-16(17(20)14-9-5-3-6-10-14)19-23-18(21)15-11-7-4-8-12-15/h3-12H,2,13H2,1H3. The van der Waals surface area contributed by atoms with Gasteiger partial charge in [-0.1, -0.05) is 53.7 Å². The molecule has 0 amide bonds. The number of hydrogen-bond acceptors (Lipinski definition) is 5. The van der Waals surface area contributed by atoms with E-state index >= 15 is 0 Å². The highest BCUT2D eigenvalue weighted by Crippen LogP contribution is 2.05. The molecule has 0 unspecified atom stereocenters. The van der Waals surface area contributed by atoms with Crippen LogP contribution in [0, 0.1) is 0 Å². The normalized spacial score (nSPS) is 11.1. The van der Waals surface area contributed by atoms with Crippen molar-refractivity contribution in [2.24, 2.45) is 5.16 Å². The lowest BCUT2D eigenvalue weighted by atomic mass is 10.1. The Morgan fingerprint density at radius 1 is 0.913 bits per heavy atom. The summed E-state index contributed by atoms with van der Waals surface area (Å²) in [5.74, 6) is -0.958. The van der Waals surface area contributed by atoms with Crippen LogP contribution >= 0.6 is 0 Å². The fourth-order valence-electron chi connectivity index (χ4n) is 1.81. The Bertz CT molecular complexity index is 681. The summed E-state index contributed by atoms with van der Waals surface area (Å²) in [6.45, 7) is 2.21. The number of hydrogen-bond donors (Lipinski definition) is 0. The molecule has 118 valence electrons. The summed E-state index contributed by atoms with van der Waals surface area (Å²) in [4.78, 5) is 29.2. The van der Waals surface area contributed by atoms with Crippen molar-refractivity contribution in [1.29, 1.82) is 0 Å². The first-order valence-corrected chi connectivity index (χ1v) is 7.23. The number of oxime groups is 1. The lowest BCUT2D eigenvalue weighted by Crippen LogP contribution is -2.21. The zero-order chi connectivity index (χ0) is 16.5. The van der Waals surface area contributed by atoms with E-state index in [0.717, 1.165) is 0 Å². The van der Waals surface area contributed by atoms with Gasteiger partial charge in [-0.05, 0) is 19.1 Å². The van der Waals surface area contributed by atoms with Gasteiger partial charge in [0.2, 0.25) is 5.78 Å². The summed E-state index contributed by atoms with van der Waals surface area (Å²) in [6, 6.07) is 17.1. The Kier molecular flexibility index (Phi) is 6.20. The van der Waals surface area contributed by atoms with Gasteiger partial charge in [-0.3, -0.25) is 4.79 Å². The molecule has 0 aliphatic heterocycles. The molecule has 5 nitrogen and oxygen atoms in total. The van der Waals surface area contributed by atoms with Crippen molar-refractivity contribution in [3.63, 3.8) is 0 Å². The Hall–Kier alpha value is -2.79. The number of rotatable bonds is 7. The van der Waals surface area contributed by atoms with Crippen LogP contribution in [0.2, 0.25) is 0 Å². The van der Waals surface area contributed by atoms with Gasteiger partial charge in [0.25, 0.3) is 0 Å². The van der Waals surface area contributed by atoms with Gasteiger partial charge in [-0.2, -0.15) is 0 Å². The second-order valence-corrected chi connectivity index (χ2v) is 4.62. The summed E-state index contributed by atoms with van der Waals surface area (Å²) in [5.41, 5.74) is 0.864. The third-order valence-electron chi connectivity index (χ3n) is 2.99. The number of benzene rings is 2. The first kappa shape index (κ1) is 16.6. The third kappa shape index (κ3) is 4.86. The van der Waals surface area contributed by atoms with Gasteiger partial charge in [0.05, 0.1) is 12.2 Å². The van der Waals surface area contributed by atoms with Gasteiger partial charge < -0.3 is 9.57 Å². The number of ketones is 1. The number of carbonyl (C=O) groups is 2. The monoisotopic (exact) mass is 311 g/mol. The smallest absolute Gasteiger partial charge is 0.365 e. The molecule has 0 saturated carbocycles. The molecule has 2 aromatic carbocycles. The average Bonchev–Trinajstić information content (AvgIpc) is 2.62. The van der Waals surface area contributed by atoms with E-state index in [1.165, 1.54) is 0 Å². The first-order valence-electron chi connectivity index (χ1n) is 7.23. The van der Waals surface area contributed by atoms with Crippen LogP contribution in [0.15, 0.2) is 65.8 Å². The van der Waals surface area contributed by atoms with E-state index in [4.69, 9.17) is 9.57 Å². The summed E-state index contributed by atoms with van der Waals surface area (Å²) >= 11 is 0. The Balaban J connectivity index is 2.14. The highest BCUT2D eigenvalue weighted by atomic mass is 16.7. The molecule has 0 aliphatic carbocycles. The number of carbonyl (C=O) groups excluding carboxylic acids is 2. The van der Waals surface area contributed by atoms with Crippen molar-refractivity contribution in [3.8, 4) is 0 Å². The van der Waals surface area contributed by atoms with Crippen LogP contribution in [0.1, 0.15) is 27.6 Å². The van der Waals surface area contributed by atoms with Gasteiger partial charge in [0.15, 0.2) is 5.71 Å². The van der Waals surface area contributed by atoms with Crippen LogP contribution in [-0.4, -0.2) is 30.7 Å². The van der Waals surface area contributed by atoms with Gasteiger partial charge in [0, 0.05) is 12.2 Å². The predicted molar refractivity (Wildman–Crippen MR) is 86.6 cm³/mol. The molecular weight excluding hydrogens is 294 g/mol. The minimum Gasteiger partial charge on any atom is -0.375 e. The zero-order valence-electron chi connectivity index (χ0n) is 12.8. The lowest BCUT2D eigenvalue weighted by molar-refractivity contribution is 0.0510. The first-order chi connectivity index (χ1) is 11.2. The molecule has 0 saturated heterocycles. The fourth-order valence-corrected chi connectivity index (χ4v) is 1.81. The lowest BCUT2D eigenvalue weighted by Gasteiger charge is -2.06. The molecule has 0 N–H and O–H groups in total. The van der Waals surface area contributed by atoms with Crippen LogP contribution in [0.5, 0.6) is 0 Å². The molecule has 5 heteroatoms. The van der Waals surface area contributed by atoms with E-state index < -0.39 is 5.97 Å². The Morgan fingerprint density at radius 3 is 2.04 bits per heavy atom. The van der Waals surface area contributed by atoms with Crippen molar-refractivity contribution in [2.45, 2.75) is 6.92 Å². The van der Waals surface area contributed by atoms with Crippen LogP contribution in [0.25, 0.3) is 0 Å². The van der Waals surface area contributed by atoms with Crippen LogP contribution in [0.3, 0.4) is 0 Å². The van der Waals surface area contributed by atoms with Crippen molar-refractivity contribution in [1.82, 2.24) is 0 Å². The van der Waals surface area contributed by atoms with Gasteiger partial charge in [-0.25, -0.2) is 4.79 Å². The second-order valence-electron chi connectivity index (χ2n) is 4.62. The van der Waals surface area contributed by atoms with Gasteiger partial charge in [-0.15, -0.1) is 0 Å². The minimum absolute atomic E-state index is 0.0215.